The zero-order valence-electron chi connectivity index (χ0n) is 10.7. The Hall–Kier alpha value is -0.120. The number of nitrogens with zero attached hydrogens (tertiary/aromatic N) is 2. The lowest BCUT2D eigenvalue weighted by Gasteiger charge is -2.43. The van der Waals surface area contributed by atoms with Gasteiger partial charge in [0.05, 0.1) is 0 Å². The van der Waals surface area contributed by atoms with Crippen molar-refractivity contribution in [2.45, 2.75) is 51.1 Å². The van der Waals surface area contributed by atoms with Crippen molar-refractivity contribution in [2.24, 2.45) is 5.73 Å². The molecule has 0 bridgehead atoms. The van der Waals surface area contributed by atoms with E-state index < -0.39 is 0 Å². The molecule has 16 heavy (non-hydrogen) atoms. The van der Waals surface area contributed by atoms with Gasteiger partial charge in [-0.3, -0.25) is 4.90 Å². The van der Waals surface area contributed by atoms with Gasteiger partial charge >= 0.3 is 0 Å². The van der Waals surface area contributed by atoms with E-state index in [1.54, 1.807) is 0 Å². The van der Waals surface area contributed by atoms with Crippen LogP contribution in [-0.4, -0.2) is 54.6 Å². The van der Waals surface area contributed by atoms with E-state index in [1.807, 2.05) is 0 Å². The molecule has 1 atom stereocenters. The van der Waals surface area contributed by atoms with Gasteiger partial charge in [-0.2, -0.15) is 0 Å². The van der Waals surface area contributed by atoms with Gasteiger partial charge in [-0.25, -0.2) is 0 Å². The van der Waals surface area contributed by atoms with E-state index >= 15 is 0 Å². The van der Waals surface area contributed by atoms with Crippen molar-refractivity contribution in [1.29, 1.82) is 0 Å². The Morgan fingerprint density at radius 1 is 1.06 bits per heavy atom. The van der Waals surface area contributed by atoms with Crippen LogP contribution in [0.3, 0.4) is 0 Å². The molecule has 94 valence electrons. The SMILES string of the molecule is CC1CCCCN1C1CCN(CCN)CC1. The maximum absolute atomic E-state index is 5.61. The monoisotopic (exact) mass is 225 g/mol. The first-order chi connectivity index (χ1) is 7.81. The smallest absolute Gasteiger partial charge is 0.0122 e. The standard InChI is InChI=1S/C13H27N3/c1-12-4-2-3-8-16(12)13-5-9-15(10-6-13)11-7-14/h12-13H,2-11,14H2,1H3. The Kier molecular flexibility index (Phi) is 4.62. The molecular formula is C13H27N3. The van der Waals surface area contributed by atoms with E-state index in [0.29, 0.717) is 0 Å². The van der Waals surface area contributed by atoms with Gasteiger partial charge in [-0.1, -0.05) is 6.42 Å². The second-order valence-corrected chi connectivity index (χ2v) is 5.44. The highest BCUT2D eigenvalue weighted by Crippen LogP contribution is 2.24. The fourth-order valence-electron chi connectivity index (χ4n) is 3.32. The minimum Gasteiger partial charge on any atom is -0.329 e. The third-order valence-corrected chi connectivity index (χ3v) is 4.33. The molecule has 2 rings (SSSR count). The normalized spacial score (nSPS) is 30.8. The predicted molar refractivity (Wildman–Crippen MR) is 68.5 cm³/mol. The first-order valence-corrected chi connectivity index (χ1v) is 6.99. The van der Waals surface area contributed by atoms with Crippen molar-refractivity contribution in [3.63, 3.8) is 0 Å². The fourth-order valence-corrected chi connectivity index (χ4v) is 3.32. The largest absolute Gasteiger partial charge is 0.329 e. The quantitative estimate of drug-likeness (QED) is 0.785. The van der Waals surface area contributed by atoms with Crippen molar-refractivity contribution in [3.8, 4) is 0 Å². The van der Waals surface area contributed by atoms with Crippen LogP contribution in [0.25, 0.3) is 0 Å². The van der Waals surface area contributed by atoms with Crippen molar-refractivity contribution in [3.05, 3.63) is 0 Å². The molecule has 0 saturated carbocycles. The number of piperidine rings is 2. The van der Waals surface area contributed by atoms with Gasteiger partial charge in [-0.15, -0.1) is 0 Å². The van der Waals surface area contributed by atoms with Gasteiger partial charge in [0.1, 0.15) is 0 Å². The highest BCUT2D eigenvalue weighted by Gasteiger charge is 2.28. The summed E-state index contributed by atoms with van der Waals surface area (Å²) in [7, 11) is 0. The summed E-state index contributed by atoms with van der Waals surface area (Å²) in [5, 5.41) is 0. The van der Waals surface area contributed by atoms with Crippen LogP contribution in [0.5, 0.6) is 0 Å². The van der Waals surface area contributed by atoms with E-state index in [2.05, 4.69) is 16.7 Å². The van der Waals surface area contributed by atoms with Crippen molar-refractivity contribution in [2.75, 3.05) is 32.7 Å². The summed E-state index contributed by atoms with van der Waals surface area (Å²) in [6, 6.07) is 1.67. The predicted octanol–water partition coefficient (Wildman–Crippen LogP) is 1.28. The van der Waals surface area contributed by atoms with Gasteiger partial charge in [0.2, 0.25) is 0 Å². The molecule has 0 spiro atoms. The molecule has 3 nitrogen and oxygen atoms in total. The number of hydrogen-bond donors (Lipinski definition) is 1. The molecule has 2 fully saturated rings. The molecule has 2 aliphatic rings. The molecule has 1 unspecified atom stereocenters. The highest BCUT2D eigenvalue weighted by atomic mass is 15.2. The van der Waals surface area contributed by atoms with E-state index in [4.69, 9.17) is 5.73 Å². The zero-order valence-corrected chi connectivity index (χ0v) is 10.7. The van der Waals surface area contributed by atoms with Crippen LogP contribution in [0.2, 0.25) is 0 Å². The van der Waals surface area contributed by atoms with E-state index in [9.17, 15) is 0 Å². The van der Waals surface area contributed by atoms with Crippen LogP contribution in [0, 0.1) is 0 Å². The average Bonchev–Trinajstić information content (AvgIpc) is 2.31. The van der Waals surface area contributed by atoms with Crippen molar-refractivity contribution in [1.82, 2.24) is 9.80 Å². The van der Waals surface area contributed by atoms with Gasteiger partial charge in [0.15, 0.2) is 0 Å². The Bertz CT molecular complexity index is 199. The third-order valence-electron chi connectivity index (χ3n) is 4.33. The zero-order chi connectivity index (χ0) is 11.4. The lowest BCUT2D eigenvalue weighted by atomic mass is 9.96. The molecule has 0 aromatic rings. The fraction of sp³-hybridized carbons (Fsp3) is 1.00. The van der Waals surface area contributed by atoms with E-state index in [0.717, 1.165) is 25.2 Å². The summed E-state index contributed by atoms with van der Waals surface area (Å²) in [5.41, 5.74) is 5.61. The second kappa shape index (κ2) is 5.99. The summed E-state index contributed by atoms with van der Waals surface area (Å²) < 4.78 is 0. The minimum atomic E-state index is 0.810. The van der Waals surface area contributed by atoms with Crippen LogP contribution < -0.4 is 5.73 Å². The summed E-state index contributed by atoms with van der Waals surface area (Å²) >= 11 is 0. The van der Waals surface area contributed by atoms with Gasteiger partial charge in [-0.05, 0) is 52.2 Å². The maximum Gasteiger partial charge on any atom is 0.0122 e. The average molecular weight is 225 g/mol. The van der Waals surface area contributed by atoms with Crippen LogP contribution in [0.1, 0.15) is 39.0 Å². The molecule has 0 amide bonds. The van der Waals surface area contributed by atoms with Crippen molar-refractivity contribution >= 4 is 0 Å². The Balaban J connectivity index is 1.79. The van der Waals surface area contributed by atoms with E-state index in [-0.39, 0.29) is 0 Å². The summed E-state index contributed by atoms with van der Waals surface area (Å²) in [6.07, 6.45) is 6.95. The molecule has 2 N–H and O–H groups in total. The molecule has 0 aromatic carbocycles. The Morgan fingerprint density at radius 2 is 1.81 bits per heavy atom. The lowest BCUT2D eigenvalue weighted by molar-refractivity contribution is 0.0584. The van der Waals surface area contributed by atoms with Gasteiger partial charge < -0.3 is 10.6 Å². The maximum atomic E-state index is 5.61. The lowest BCUT2D eigenvalue weighted by Crippen LogP contribution is -2.50. The molecule has 0 radical (unpaired) electrons. The van der Waals surface area contributed by atoms with E-state index in [1.165, 1.54) is 51.7 Å². The Labute approximate surface area is 100.0 Å². The van der Waals surface area contributed by atoms with Crippen molar-refractivity contribution < 1.29 is 0 Å². The van der Waals surface area contributed by atoms with Gasteiger partial charge in [0, 0.05) is 25.2 Å². The second-order valence-electron chi connectivity index (χ2n) is 5.44. The molecule has 2 aliphatic heterocycles. The van der Waals surface area contributed by atoms with Crippen LogP contribution in [-0.2, 0) is 0 Å². The minimum absolute atomic E-state index is 0.810. The summed E-state index contributed by atoms with van der Waals surface area (Å²) in [4.78, 5) is 5.29. The molecule has 2 heterocycles. The molecule has 2 saturated heterocycles. The number of nitrogens with two attached hydrogens (primary N) is 1. The first-order valence-electron chi connectivity index (χ1n) is 6.99. The molecule has 0 aromatic heterocycles. The highest BCUT2D eigenvalue weighted by molar-refractivity contribution is 4.84. The van der Waals surface area contributed by atoms with Crippen LogP contribution in [0.4, 0.5) is 0 Å². The van der Waals surface area contributed by atoms with Gasteiger partial charge in [0.25, 0.3) is 0 Å². The Morgan fingerprint density at radius 3 is 2.44 bits per heavy atom. The summed E-state index contributed by atoms with van der Waals surface area (Å²) in [5.74, 6) is 0. The number of likely N-dealkylation sites (tertiary alicyclic amines) is 2. The first kappa shape index (κ1) is 12.3. The third kappa shape index (κ3) is 2.96. The summed E-state index contributed by atoms with van der Waals surface area (Å²) in [6.45, 7) is 8.15. The molecule has 3 heteroatoms. The number of hydrogen-bond acceptors (Lipinski definition) is 3. The van der Waals surface area contributed by atoms with Crippen LogP contribution >= 0.6 is 0 Å². The topological polar surface area (TPSA) is 32.5 Å². The number of rotatable bonds is 3. The van der Waals surface area contributed by atoms with Crippen LogP contribution in [0.15, 0.2) is 0 Å². The molecular weight excluding hydrogens is 198 g/mol. The molecule has 0 aliphatic carbocycles.